The van der Waals surface area contributed by atoms with Gasteiger partial charge in [0, 0.05) is 7.05 Å². The summed E-state index contributed by atoms with van der Waals surface area (Å²) < 4.78 is 40.6. The molecule has 6 nitrogen and oxygen atoms in total. The zero-order chi connectivity index (χ0) is 15.8. The topological polar surface area (TPSA) is 64.7 Å². The van der Waals surface area contributed by atoms with Gasteiger partial charge >= 0.3 is 6.18 Å². The SMILES string of the molecule is Cc1cc(C(F)(F)F)n(CC(=O)Nc2cnn(C)c2C)n1. The van der Waals surface area contributed by atoms with Crippen molar-refractivity contribution < 1.29 is 18.0 Å². The Kier molecular flexibility index (Phi) is 3.75. The van der Waals surface area contributed by atoms with E-state index in [-0.39, 0.29) is 5.69 Å². The van der Waals surface area contributed by atoms with Crippen molar-refractivity contribution >= 4 is 11.6 Å². The molecular weight excluding hydrogens is 287 g/mol. The number of nitrogens with one attached hydrogen (secondary N) is 1. The van der Waals surface area contributed by atoms with E-state index in [0.717, 1.165) is 6.07 Å². The van der Waals surface area contributed by atoms with Crippen LogP contribution in [0.4, 0.5) is 18.9 Å². The third-order valence-corrected chi connectivity index (χ3v) is 3.00. The molecule has 2 heterocycles. The Morgan fingerprint density at radius 2 is 2.05 bits per heavy atom. The van der Waals surface area contributed by atoms with Crippen LogP contribution < -0.4 is 5.32 Å². The van der Waals surface area contributed by atoms with E-state index in [1.54, 1.807) is 18.7 Å². The van der Waals surface area contributed by atoms with Gasteiger partial charge in [-0.2, -0.15) is 23.4 Å². The molecule has 0 fully saturated rings. The van der Waals surface area contributed by atoms with Gasteiger partial charge in [-0.3, -0.25) is 14.2 Å². The van der Waals surface area contributed by atoms with Crippen LogP contribution in [-0.2, 0) is 24.6 Å². The number of hydrogen-bond acceptors (Lipinski definition) is 3. The first-order valence-electron chi connectivity index (χ1n) is 6.08. The van der Waals surface area contributed by atoms with Gasteiger partial charge in [-0.15, -0.1) is 0 Å². The third kappa shape index (κ3) is 3.23. The van der Waals surface area contributed by atoms with Crippen molar-refractivity contribution in [1.29, 1.82) is 0 Å². The maximum atomic E-state index is 12.8. The van der Waals surface area contributed by atoms with Gasteiger partial charge in [0.25, 0.3) is 0 Å². The molecule has 1 amide bonds. The molecule has 0 aliphatic heterocycles. The summed E-state index contributed by atoms with van der Waals surface area (Å²) in [6.07, 6.45) is -3.11. The normalized spacial score (nSPS) is 11.7. The molecule has 0 aromatic carbocycles. The van der Waals surface area contributed by atoms with E-state index in [9.17, 15) is 18.0 Å². The number of anilines is 1. The minimum absolute atomic E-state index is 0.202. The number of aryl methyl sites for hydroxylation is 2. The smallest absolute Gasteiger partial charge is 0.322 e. The predicted octanol–water partition coefficient (Wildman–Crippen LogP) is 1.89. The summed E-state index contributed by atoms with van der Waals surface area (Å²) in [5, 5.41) is 10.2. The van der Waals surface area contributed by atoms with Crippen molar-refractivity contribution in [1.82, 2.24) is 19.6 Å². The number of alkyl halides is 3. The molecule has 0 unspecified atom stereocenters. The number of amides is 1. The number of rotatable bonds is 3. The lowest BCUT2D eigenvalue weighted by atomic mass is 10.3. The first-order valence-corrected chi connectivity index (χ1v) is 6.08. The summed E-state index contributed by atoms with van der Waals surface area (Å²) in [5.74, 6) is -0.597. The van der Waals surface area contributed by atoms with E-state index in [1.807, 2.05) is 0 Å². The average molecular weight is 301 g/mol. The van der Waals surface area contributed by atoms with Gasteiger partial charge in [-0.1, -0.05) is 0 Å². The Labute approximate surface area is 118 Å². The number of carbonyl (C=O) groups excluding carboxylic acids is 1. The monoisotopic (exact) mass is 301 g/mol. The highest BCUT2D eigenvalue weighted by Gasteiger charge is 2.35. The number of hydrogen-bond donors (Lipinski definition) is 1. The second kappa shape index (κ2) is 5.23. The third-order valence-electron chi connectivity index (χ3n) is 3.00. The molecule has 1 N–H and O–H groups in total. The number of nitrogens with zero attached hydrogens (tertiary/aromatic N) is 4. The van der Waals surface area contributed by atoms with Crippen LogP contribution in [0, 0.1) is 13.8 Å². The molecule has 0 aliphatic rings. The minimum Gasteiger partial charge on any atom is -0.322 e. The molecule has 0 atom stereocenters. The molecule has 0 spiro atoms. The molecule has 0 aliphatic carbocycles. The summed E-state index contributed by atoms with van der Waals surface area (Å²) in [6, 6.07) is 0.905. The first-order chi connectivity index (χ1) is 9.68. The standard InChI is InChI=1S/C12H14F3N5O/c1-7-4-10(12(13,14)15)20(18-7)6-11(21)17-9-5-16-19(3)8(9)2/h4-5H,6H2,1-3H3,(H,17,21). The van der Waals surface area contributed by atoms with Crippen LogP contribution in [-0.4, -0.2) is 25.5 Å². The molecule has 0 saturated heterocycles. The highest BCUT2D eigenvalue weighted by Crippen LogP contribution is 2.29. The highest BCUT2D eigenvalue weighted by atomic mass is 19.4. The molecule has 21 heavy (non-hydrogen) atoms. The van der Waals surface area contributed by atoms with E-state index >= 15 is 0 Å². The molecule has 0 radical (unpaired) electrons. The van der Waals surface area contributed by atoms with Crippen LogP contribution in [0.5, 0.6) is 0 Å². The van der Waals surface area contributed by atoms with Gasteiger partial charge in [-0.05, 0) is 19.9 Å². The summed E-state index contributed by atoms with van der Waals surface area (Å²) >= 11 is 0. The largest absolute Gasteiger partial charge is 0.433 e. The van der Waals surface area contributed by atoms with Crippen LogP contribution in [0.3, 0.4) is 0 Å². The molecule has 114 valence electrons. The lowest BCUT2D eigenvalue weighted by molar-refractivity contribution is -0.144. The van der Waals surface area contributed by atoms with Gasteiger partial charge in [-0.25, -0.2) is 0 Å². The van der Waals surface area contributed by atoms with Crippen LogP contribution in [0.25, 0.3) is 0 Å². The second-order valence-electron chi connectivity index (χ2n) is 4.64. The zero-order valence-corrected chi connectivity index (χ0v) is 11.7. The van der Waals surface area contributed by atoms with E-state index in [1.165, 1.54) is 13.1 Å². The molecule has 2 aromatic heterocycles. The number of halogens is 3. The Balaban J connectivity index is 2.15. The van der Waals surface area contributed by atoms with Crippen molar-refractivity contribution in [3.8, 4) is 0 Å². The maximum Gasteiger partial charge on any atom is 0.433 e. The number of aromatic nitrogens is 4. The first kappa shape index (κ1) is 15.1. The summed E-state index contributed by atoms with van der Waals surface area (Å²) in [5.41, 5.74) is 0.418. The van der Waals surface area contributed by atoms with Crippen LogP contribution in [0.15, 0.2) is 12.3 Å². The lowest BCUT2D eigenvalue weighted by Gasteiger charge is -2.10. The fourth-order valence-corrected chi connectivity index (χ4v) is 1.84. The van der Waals surface area contributed by atoms with Gasteiger partial charge < -0.3 is 5.32 Å². The van der Waals surface area contributed by atoms with Crippen LogP contribution >= 0.6 is 0 Å². The van der Waals surface area contributed by atoms with Gasteiger partial charge in [0.05, 0.1) is 23.3 Å². The zero-order valence-electron chi connectivity index (χ0n) is 11.7. The van der Waals surface area contributed by atoms with E-state index in [4.69, 9.17) is 0 Å². The second-order valence-corrected chi connectivity index (χ2v) is 4.64. The van der Waals surface area contributed by atoms with Gasteiger partial charge in [0.2, 0.25) is 5.91 Å². The van der Waals surface area contributed by atoms with Crippen LogP contribution in [0.2, 0.25) is 0 Å². The summed E-state index contributed by atoms with van der Waals surface area (Å²) in [7, 11) is 1.70. The fraction of sp³-hybridized carbons (Fsp3) is 0.417. The van der Waals surface area contributed by atoms with Crippen molar-refractivity contribution in [3.63, 3.8) is 0 Å². The molecule has 9 heteroatoms. The van der Waals surface area contributed by atoms with E-state index < -0.39 is 24.3 Å². The van der Waals surface area contributed by atoms with Crippen molar-refractivity contribution in [2.75, 3.05) is 5.32 Å². The molecule has 0 bridgehead atoms. The van der Waals surface area contributed by atoms with Crippen molar-refractivity contribution in [2.45, 2.75) is 26.6 Å². The van der Waals surface area contributed by atoms with E-state index in [2.05, 4.69) is 15.5 Å². The highest BCUT2D eigenvalue weighted by molar-refractivity contribution is 5.90. The van der Waals surface area contributed by atoms with Crippen LogP contribution in [0.1, 0.15) is 17.1 Å². The van der Waals surface area contributed by atoms with Gasteiger partial charge in [0.15, 0.2) is 0 Å². The van der Waals surface area contributed by atoms with E-state index in [0.29, 0.717) is 16.1 Å². The average Bonchev–Trinajstić information content (AvgIpc) is 2.86. The molecular formula is C12H14F3N5O. The van der Waals surface area contributed by atoms with Crippen molar-refractivity contribution in [2.24, 2.45) is 7.05 Å². The quantitative estimate of drug-likeness (QED) is 0.941. The Morgan fingerprint density at radius 1 is 1.38 bits per heavy atom. The Hall–Kier alpha value is -2.32. The maximum absolute atomic E-state index is 12.8. The van der Waals surface area contributed by atoms with Gasteiger partial charge in [0.1, 0.15) is 12.2 Å². The minimum atomic E-state index is -4.55. The lowest BCUT2D eigenvalue weighted by Crippen LogP contribution is -2.23. The Bertz CT molecular complexity index is 671. The molecule has 2 rings (SSSR count). The fourth-order valence-electron chi connectivity index (χ4n) is 1.84. The Morgan fingerprint density at radius 3 is 2.57 bits per heavy atom. The summed E-state index contributed by atoms with van der Waals surface area (Å²) in [4.78, 5) is 11.9. The molecule has 2 aromatic rings. The van der Waals surface area contributed by atoms with Crippen molar-refractivity contribution in [3.05, 3.63) is 29.3 Å². The summed E-state index contributed by atoms with van der Waals surface area (Å²) in [6.45, 7) is 2.66. The molecule has 0 saturated carbocycles. The predicted molar refractivity (Wildman–Crippen MR) is 68.5 cm³/mol. The number of carbonyl (C=O) groups is 1.